The van der Waals surface area contributed by atoms with E-state index in [4.69, 9.17) is 0 Å². The maximum Gasteiger partial charge on any atom is 0.230 e. The lowest BCUT2D eigenvalue weighted by atomic mass is 10.1. The van der Waals surface area contributed by atoms with E-state index in [0.717, 1.165) is 35.2 Å². The third-order valence-corrected chi connectivity index (χ3v) is 5.01. The van der Waals surface area contributed by atoms with Crippen LogP contribution in [0, 0.1) is 20.8 Å². The second-order valence-corrected chi connectivity index (χ2v) is 7.30. The Labute approximate surface area is 154 Å². The highest BCUT2D eigenvalue weighted by Crippen LogP contribution is 2.24. The number of nitrogens with zero attached hydrogens (tertiary/aromatic N) is 3. The molecule has 0 spiro atoms. The molecule has 1 heterocycles. The van der Waals surface area contributed by atoms with Crippen LogP contribution in [0.15, 0.2) is 23.4 Å². The number of hydrogen-bond donors (Lipinski definition) is 1. The summed E-state index contributed by atoms with van der Waals surface area (Å²) in [7, 11) is 0. The molecule has 2 rings (SSSR count). The predicted molar refractivity (Wildman–Crippen MR) is 103 cm³/mol. The van der Waals surface area contributed by atoms with Crippen LogP contribution in [-0.2, 0) is 4.79 Å². The highest BCUT2D eigenvalue weighted by molar-refractivity contribution is 7.99. The van der Waals surface area contributed by atoms with Crippen molar-refractivity contribution in [2.45, 2.75) is 58.5 Å². The zero-order chi connectivity index (χ0) is 18.2. The summed E-state index contributed by atoms with van der Waals surface area (Å²) in [6.45, 7) is 9.02. The van der Waals surface area contributed by atoms with Crippen molar-refractivity contribution < 1.29 is 4.79 Å². The topological polar surface area (TPSA) is 59.8 Å². The van der Waals surface area contributed by atoms with E-state index >= 15 is 0 Å². The van der Waals surface area contributed by atoms with Gasteiger partial charge in [0.25, 0.3) is 0 Å². The molecular weight excluding hydrogens is 332 g/mol. The summed E-state index contributed by atoms with van der Waals surface area (Å²) in [5, 5.41) is 12.2. The SMILES string of the molecule is CCCCCCNC(=O)CSc1nnc(C)n1-c1cc(C)ccc1C. The van der Waals surface area contributed by atoms with Crippen LogP contribution in [0.25, 0.3) is 5.69 Å². The van der Waals surface area contributed by atoms with Gasteiger partial charge in [-0.2, -0.15) is 0 Å². The van der Waals surface area contributed by atoms with Gasteiger partial charge in [0.15, 0.2) is 5.16 Å². The van der Waals surface area contributed by atoms with Crippen LogP contribution < -0.4 is 5.32 Å². The summed E-state index contributed by atoms with van der Waals surface area (Å²) >= 11 is 1.43. The Hall–Kier alpha value is -1.82. The molecule has 5 nitrogen and oxygen atoms in total. The summed E-state index contributed by atoms with van der Waals surface area (Å²) in [5.74, 6) is 1.24. The molecule has 0 fully saturated rings. The van der Waals surface area contributed by atoms with Gasteiger partial charge in [-0.15, -0.1) is 10.2 Å². The molecule has 1 aromatic heterocycles. The van der Waals surface area contributed by atoms with Gasteiger partial charge in [0, 0.05) is 6.54 Å². The number of thioether (sulfide) groups is 1. The van der Waals surface area contributed by atoms with E-state index in [1.165, 1.54) is 36.6 Å². The van der Waals surface area contributed by atoms with E-state index in [1.54, 1.807) is 0 Å². The molecular formula is C19H28N4OS. The number of carbonyl (C=O) groups excluding carboxylic acids is 1. The molecule has 136 valence electrons. The van der Waals surface area contributed by atoms with Crippen molar-refractivity contribution in [2.24, 2.45) is 0 Å². The second-order valence-electron chi connectivity index (χ2n) is 6.35. The quantitative estimate of drug-likeness (QED) is 0.543. The lowest BCUT2D eigenvalue weighted by Gasteiger charge is -2.12. The molecule has 0 saturated carbocycles. The van der Waals surface area contributed by atoms with Gasteiger partial charge in [0.05, 0.1) is 11.4 Å². The number of carbonyl (C=O) groups is 1. The Morgan fingerprint density at radius 3 is 2.72 bits per heavy atom. The summed E-state index contributed by atoms with van der Waals surface area (Å²) in [6.07, 6.45) is 4.64. The maximum atomic E-state index is 12.0. The molecule has 0 aliphatic heterocycles. The van der Waals surface area contributed by atoms with Gasteiger partial charge in [-0.3, -0.25) is 9.36 Å². The van der Waals surface area contributed by atoms with Crippen LogP contribution >= 0.6 is 11.8 Å². The van der Waals surface area contributed by atoms with E-state index < -0.39 is 0 Å². The first-order valence-corrected chi connectivity index (χ1v) is 9.90. The normalized spacial score (nSPS) is 10.9. The van der Waals surface area contributed by atoms with Crippen molar-refractivity contribution >= 4 is 17.7 Å². The summed E-state index contributed by atoms with van der Waals surface area (Å²) in [6, 6.07) is 6.32. The van der Waals surface area contributed by atoms with Crippen molar-refractivity contribution in [3.05, 3.63) is 35.2 Å². The number of aryl methyl sites for hydroxylation is 3. The van der Waals surface area contributed by atoms with Crippen LogP contribution in [0.4, 0.5) is 0 Å². The van der Waals surface area contributed by atoms with E-state index in [1.807, 2.05) is 11.5 Å². The molecule has 6 heteroatoms. The molecule has 2 aromatic rings. The minimum absolute atomic E-state index is 0.0506. The summed E-state index contributed by atoms with van der Waals surface area (Å²) in [5.41, 5.74) is 3.43. The van der Waals surface area contributed by atoms with E-state index in [0.29, 0.717) is 5.75 Å². The van der Waals surface area contributed by atoms with Crippen molar-refractivity contribution in [1.82, 2.24) is 20.1 Å². The van der Waals surface area contributed by atoms with Crippen molar-refractivity contribution in [2.75, 3.05) is 12.3 Å². The first-order chi connectivity index (χ1) is 12.0. The fourth-order valence-corrected chi connectivity index (χ4v) is 3.46. The third-order valence-electron chi connectivity index (χ3n) is 4.09. The Balaban J connectivity index is 1.98. The number of rotatable bonds is 9. The third kappa shape index (κ3) is 5.59. The number of unbranched alkanes of at least 4 members (excludes halogenated alkanes) is 3. The zero-order valence-corrected chi connectivity index (χ0v) is 16.4. The van der Waals surface area contributed by atoms with Gasteiger partial charge in [-0.1, -0.05) is 50.1 Å². The van der Waals surface area contributed by atoms with Crippen LogP contribution in [0.5, 0.6) is 0 Å². The summed E-state index contributed by atoms with van der Waals surface area (Å²) in [4.78, 5) is 12.0. The molecule has 0 aliphatic carbocycles. The van der Waals surface area contributed by atoms with Gasteiger partial charge in [0.2, 0.25) is 5.91 Å². The monoisotopic (exact) mass is 360 g/mol. The molecule has 0 bridgehead atoms. The van der Waals surface area contributed by atoms with Gasteiger partial charge >= 0.3 is 0 Å². The maximum absolute atomic E-state index is 12.0. The zero-order valence-electron chi connectivity index (χ0n) is 15.6. The Morgan fingerprint density at radius 1 is 1.16 bits per heavy atom. The lowest BCUT2D eigenvalue weighted by molar-refractivity contribution is -0.118. The van der Waals surface area contributed by atoms with E-state index in [-0.39, 0.29) is 5.91 Å². The van der Waals surface area contributed by atoms with Gasteiger partial charge in [-0.25, -0.2) is 0 Å². The Morgan fingerprint density at radius 2 is 1.96 bits per heavy atom. The van der Waals surface area contributed by atoms with Gasteiger partial charge in [-0.05, 0) is 44.4 Å². The minimum Gasteiger partial charge on any atom is -0.355 e. The Bertz CT molecular complexity index is 711. The van der Waals surface area contributed by atoms with Crippen LogP contribution in [-0.4, -0.2) is 33.0 Å². The summed E-state index contributed by atoms with van der Waals surface area (Å²) < 4.78 is 2.03. The number of hydrogen-bond acceptors (Lipinski definition) is 4. The fourth-order valence-electron chi connectivity index (χ4n) is 2.63. The minimum atomic E-state index is 0.0506. The molecule has 0 atom stereocenters. The molecule has 1 amide bonds. The Kier molecular flexibility index (Phi) is 7.50. The first kappa shape index (κ1) is 19.5. The molecule has 1 aromatic carbocycles. The smallest absolute Gasteiger partial charge is 0.230 e. The molecule has 0 radical (unpaired) electrons. The molecule has 0 saturated heterocycles. The first-order valence-electron chi connectivity index (χ1n) is 8.92. The highest BCUT2D eigenvalue weighted by Gasteiger charge is 2.14. The molecule has 0 aliphatic rings. The van der Waals surface area contributed by atoms with Crippen molar-refractivity contribution in [1.29, 1.82) is 0 Å². The fraction of sp³-hybridized carbons (Fsp3) is 0.526. The highest BCUT2D eigenvalue weighted by atomic mass is 32.2. The number of aromatic nitrogens is 3. The van der Waals surface area contributed by atoms with Gasteiger partial charge < -0.3 is 5.32 Å². The molecule has 1 N–H and O–H groups in total. The van der Waals surface area contributed by atoms with Crippen LogP contribution in [0.2, 0.25) is 0 Å². The van der Waals surface area contributed by atoms with Crippen LogP contribution in [0.3, 0.4) is 0 Å². The molecule has 25 heavy (non-hydrogen) atoms. The second kappa shape index (κ2) is 9.61. The predicted octanol–water partition coefficient (Wildman–Crippen LogP) is 3.98. The average Bonchev–Trinajstić information content (AvgIpc) is 2.95. The average molecular weight is 361 g/mol. The lowest BCUT2D eigenvalue weighted by Crippen LogP contribution is -2.26. The van der Waals surface area contributed by atoms with Crippen molar-refractivity contribution in [3.63, 3.8) is 0 Å². The van der Waals surface area contributed by atoms with Crippen molar-refractivity contribution in [3.8, 4) is 5.69 Å². The van der Waals surface area contributed by atoms with E-state index in [9.17, 15) is 4.79 Å². The van der Waals surface area contributed by atoms with Gasteiger partial charge in [0.1, 0.15) is 5.82 Å². The number of nitrogens with one attached hydrogen (secondary N) is 1. The molecule has 0 unspecified atom stereocenters. The largest absolute Gasteiger partial charge is 0.355 e. The van der Waals surface area contributed by atoms with E-state index in [2.05, 4.69) is 54.5 Å². The van der Waals surface area contributed by atoms with Crippen LogP contribution in [0.1, 0.15) is 49.6 Å². The number of amides is 1. The standard InChI is InChI=1S/C19H28N4OS/c1-5-6-7-8-11-20-18(24)13-25-19-22-21-16(4)23(19)17-12-14(2)9-10-15(17)3/h9-10,12H,5-8,11,13H2,1-4H3,(H,20,24). The number of benzene rings is 1.